The van der Waals surface area contributed by atoms with Crippen molar-refractivity contribution in [2.75, 3.05) is 19.0 Å². The number of nitrogens with one attached hydrogen (secondary N) is 1. The first-order valence-electron chi connectivity index (χ1n) is 6.24. The van der Waals surface area contributed by atoms with Crippen LogP contribution in [-0.4, -0.2) is 29.2 Å². The number of benzene rings is 1. The van der Waals surface area contributed by atoms with Gasteiger partial charge in [0.2, 0.25) is 0 Å². The van der Waals surface area contributed by atoms with Crippen molar-refractivity contribution in [3.8, 4) is 5.75 Å². The van der Waals surface area contributed by atoms with Gasteiger partial charge in [0.15, 0.2) is 0 Å². The number of nitrogens with zero attached hydrogens (tertiary/aromatic N) is 2. The van der Waals surface area contributed by atoms with Gasteiger partial charge in [-0.15, -0.1) is 0 Å². The lowest BCUT2D eigenvalue weighted by Gasteiger charge is -2.20. The third kappa shape index (κ3) is 3.32. The summed E-state index contributed by atoms with van der Waals surface area (Å²) in [7, 11) is 1.65. The number of methoxy groups -OCH3 is 1. The van der Waals surface area contributed by atoms with E-state index in [1.165, 1.54) is 0 Å². The Morgan fingerprint density at radius 1 is 1.32 bits per heavy atom. The molecule has 1 aromatic heterocycles. The molecule has 2 aromatic rings. The fourth-order valence-corrected chi connectivity index (χ4v) is 1.80. The lowest BCUT2D eigenvalue weighted by molar-refractivity contribution is 0.415. The van der Waals surface area contributed by atoms with Gasteiger partial charge in [-0.1, -0.05) is 0 Å². The van der Waals surface area contributed by atoms with E-state index in [-0.39, 0.29) is 5.54 Å². The summed E-state index contributed by atoms with van der Waals surface area (Å²) in [6.07, 6.45) is 0. The van der Waals surface area contributed by atoms with E-state index in [2.05, 4.69) is 15.3 Å². The van der Waals surface area contributed by atoms with Gasteiger partial charge >= 0.3 is 0 Å². The summed E-state index contributed by atoms with van der Waals surface area (Å²) in [6.45, 7) is 6.45. The highest BCUT2D eigenvalue weighted by molar-refractivity contribution is 5.90. The molecule has 0 aliphatic rings. The van der Waals surface area contributed by atoms with Gasteiger partial charge in [-0.05, 0) is 39.0 Å². The second kappa shape index (κ2) is 5.01. The van der Waals surface area contributed by atoms with Gasteiger partial charge in [0.25, 0.3) is 0 Å². The van der Waals surface area contributed by atoms with Crippen molar-refractivity contribution in [1.29, 1.82) is 0 Å². The first-order chi connectivity index (χ1) is 8.89. The van der Waals surface area contributed by atoms with E-state index in [1.807, 2.05) is 39.0 Å². The number of ether oxygens (including phenoxy) is 1. The maximum Gasteiger partial charge on any atom is 0.137 e. The second-order valence-corrected chi connectivity index (χ2v) is 5.34. The summed E-state index contributed by atoms with van der Waals surface area (Å²) in [5.74, 6) is 2.31. The van der Waals surface area contributed by atoms with E-state index in [0.717, 1.165) is 28.3 Å². The van der Waals surface area contributed by atoms with Crippen molar-refractivity contribution in [3.05, 3.63) is 24.0 Å². The van der Waals surface area contributed by atoms with E-state index in [9.17, 15) is 0 Å². The minimum absolute atomic E-state index is 0.302. The van der Waals surface area contributed by atoms with Crippen molar-refractivity contribution in [1.82, 2.24) is 9.97 Å². The number of aryl methyl sites for hydroxylation is 1. The van der Waals surface area contributed by atoms with Crippen molar-refractivity contribution in [2.45, 2.75) is 26.3 Å². The molecule has 5 nitrogen and oxygen atoms in total. The van der Waals surface area contributed by atoms with E-state index in [0.29, 0.717) is 6.54 Å². The summed E-state index contributed by atoms with van der Waals surface area (Å²) < 4.78 is 5.24. The van der Waals surface area contributed by atoms with Crippen LogP contribution in [0.4, 0.5) is 5.82 Å². The predicted molar refractivity (Wildman–Crippen MR) is 77.6 cm³/mol. The topological polar surface area (TPSA) is 73.1 Å². The summed E-state index contributed by atoms with van der Waals surface area (Å²) >= 11 is 0. The number of hydrogen-bond acceptors (Lipinski definition) is 5. The van der Waals surface area contributed by atoms with Crippen LogP contribution in [0, 0.1) is 6.92 Å². The van der Waals surface area contributed by atoms with Crippen LogP contribution in [0.3, 0.4) is 0 Å². The fraction of sp³-hybridized carbons (Fsp3) is 0.429. The maximum atomic E-state index is 5.99. The number of fused-ring (bicyclic) bond motifs is 1. The standard InChI is InChI=1S/C14H20N4O/c1-9-17-12-6-5-10(19-4)7-11(12)13(18-9)16-8-14(2,3)15/h5-7H,8,15H2,1-4H3,(H,16,17,18). The summed E-state index contributed by atoms with van der Waals surface area (Å²) in [5.41, 5.74) is 6.58. The number of rotatable bonds is 4. The SMILES string of the molecule is COc1ccc2nc(C)nc(NCC(C)(C)N)c2c1. The van der Waals surface area contributed by atoms with Crippen LogP contribution < -0.4 is 15.8 Å². The van der Waals surface area contributed by atoms with Gasteiger partial charge in [0.1, 0.15) is 17.4 Å². The van der Waals surface area contributed by atoms with Crippen molar-refractivity contribution >= 4 is 16.7 Å². The zero-order chi connectivity index (χ0) is 14.0. The Bertz CT molecular complexity index is 590. The molecule has 19 heavy (non-hydrogen) atoms. The van der Waals surface area contributed by atoms with Gasteiger partial charge < -0.3 is 15.8 Å². The molecule has 0 atom stereocenters. The predicted octanol–water partition coefficient (Wildman–Crippen LogP) is 2.10. The Morgan fingerprint density at radius 2 is 2.05 bits per heavy atom. The molecule has 0 aliphatic carbocycles. The fourth-order valence-electron chi connectivity index (χ4n) is 1.80. The molecular formula is C14H20N4O. The smallest absolute Gasteiger partial charge is 0.137 e. The van der Waals surface area contributed by atoms with Gasteiger partial charge in [-0.3, -0.25) is 0 Å². The van der Waals surface area contributed by atoms with Crippen molar-refractivity contribution < 1.29 is 4.74 Å². The molecule has 0 aliphatic heterocycles. The molecule has 0 bridgehead atoms. The number of anilines is 1. The molecule has 0 fully saturated rings. The van der Waals surface area contributed by atoms with Gasteiger partial charge in [0, 0.05) is 17.5 Å². The number of nitrogens with two attached hydrogens (primary N) is 1. The first-order valence-corrected chi connectivity index (χ1v) is 6.24. The van der Waals surface area contributed by atoms with E-state index in [1.54, 1.807) is 7.11 Å². The molecule has 1 heterocycles. The van der Waals surface area contributed by atoms with Crippen LogP contribution in [0.15, 0.2) is 18.2 Å². The summed E-state index contributed by atoms with van der Waals surface area (Å²) in [6, 6.07) is 5.76. The van der Waals surface area contributed by atoms with Crippen LogP contribution in [0.25, 0.3) is 10.9 Å². The largest absolute Gasteiger partial charge is 0.497 e. The Labute approximate surface area is 113 Å². The minimum Gasteiger partial charge on any atom is -0.497 e. The normalized spacial score (nSPS) is 11.6. The van der Waals surface area contributed by atoms with Crippen LogP contribution in [0.1, 0.15) is 19.7 Å². The van der Waals surface area contributed by atoms with E-state index < -0.39 is 0 Å². The third-order valence-electron chi connectivity index (χ3n) is 2.73. The number of aromatic nitrogens is 2. The molecule has 0 unspecified atom stereocenters. The summed E-state index contributed by atoms with van der Waals surface area (Å²) in [5, 5.41) is 4.23. The zero-order valence-corrected chi connectivity index (χ0v) is 11.8. The van der Waals surface area contributed by atoms with Crippen LogP contribution in [0.2, 0.25) is 0 Å². The monoisotopic (exact) mass is 260 g/mol. The van der Waals surface area contributed by atoms with Gasteiger partial charge in [0.05, 0.1) is 12.6 Å². The highest BCUT2D eigenvalue weighted by Crippen LogP contribution is 2.25. The zero-order valence-electron chi connectivity index (χ0n) is 11.8. The Kier molecular flexibility index (Phi) is 3.57. The van der Waals surface area contributed by atoms with Crippen LogP contribution in [0.5, 0.6) is 5.75 Å². The molecular weight excluding hydrogens is 240 g/mol. The average molecular weight is 260 g/mol. The van der Waals surface area contributed by atoms with E-state index in [4.69, 9.17) is 10.5 Å². The lowest BCUT2D eigenvalue weighted by atomic mass is 10.1. The van der Waals surface area contributed by atoms with Crippen molar-refractivity contribution in [3.63, 3.8) is 0 Å². The Balaban J connectivity index is 2.45. The molecule has 0 saturated carbocycles. The molecule has 1 aromatic carbocycles. The molecule has 3 N–H and O–H groups in total. The lowest BCUT2D eigenvalue weighted by Crippen LogP contribution is -2.39. The van der Waals surface area contributed by atoms with Crippen LogP contribution >= 0.6 is 0 Å². The first kappa shape index (κ1) is 13.5. The van der Waals surface area contributed by atoms with Gasteiger partial charge in [-0.25, -0.2) is 9.97 Å². The molecule has 0 radical (unpaired) electrons. The molecule has 0 spiro atoms. The summed E-state index contributed by atoms with van der Waals surface area (Å²) in [4.78, 5) is 8.86. The molecule has 0 amide bonds. The third-order valence-corrected chi connectivity index (χ3v) is 2.73. The Hall–Kier alpha value is -1.88. The highest BCUT2D eigenvalue weighted by atomic mass is 16.5. The maximum absolute atomic E-state index is 5.99. The van der Waals surface area contributed by atoms with Crippen LogP contribution in [-0.2, 0) is 0 Å². The van der Waals surface area contributed by atoms with Crippen molar-refractivity contribution in [2.24, 2.45) is 5.73 Å². The second-order valence-electron chi connectivity index (χ2n) is 5.34. The number of hydrogen-bond donors (Lipinski definition) is 2. The van der Waals surface area contributed by atoms with E-state index >= 15 is 0 Å². The quantitative estimate of drug-likeness (QED) is 0.880. The molecule has 2 rings (SSSR count). The Morgan fingerprint density at radius 3 is 2.68 bits per heavy atom. The average Bonchev–Trinajstić information content (AvgIpc) is 2.34. The van der Waals surface area contributed by atoms with Gasteiger partial charge in [-0.2, -0.15) is 0 Å². The molecule has 102 valence electrons. The highest BCUT2D eigenvalue weighted by Gasteiger charge is 2.13. The molecule has 0 saturated heterocycles. The minimum atomic E-state index is -0.302. The molecule has 5 heteroatoms.